The summed E-state index contributed by atoms with van der Waals surface area (Å²) in [5, 5.41) is 10.5. The van der Waals surface area contributed by atoms with Gasteiger partial charge in [0, 0.05) is 6.54 Å². The number of hydrogen-bond donors (Lipinski definition) is 1. The first kappa shape index (κ1) is 13.5. The quantitative estimate of drug-likeness (QED) is 0.942. The summed E-state index contributed by atoms with van der Waals surface area (Å²) in [6.45, 7) is 4.70. The van der Waals surface area contributed by atoms with Gasteiger partial charge in [0.2, 0.25) is 0 Å². The van der Waals surface area contributed by atoms with Crippen LogP contribution in [0.15, 0.2) is 24.3 Å². The van der Waals surface area contributed by atoms with Crippen LogP contribution in [0, 0.1) is 0 Å². The summed E-state index contributed by atoms with van der Waals surface area (Å²) in [6, 6.07) is 8.09. The summed E-state index contributed by atoms with van der Waals surface area (Å²) in [6.07, 6.45) is 1.63. The third kappa shape index (κ3) is 2.01. The number of aliphatic carboxylic acids is 1. The SMILES string of the molecule is CC(c1nc2ccccc2s1)N1CCCC1(C)C(=O)O. The molecule has 0 saturated carbocycles. The van der Waals surface area contributed by atoms with Crippen LogP contribution in [-0.4, -0.2) is 33.0 Å². The highest BCUT2D eigenvalue weighted by molar-refractivity contribution is 7.18. The molecule has 4 nitrogen and oxygen atoms in total. The molecule has 0 radical (unpaired) electrons. The molecule has 20 heavy (non-hydrogen) atoms. The number of carboxylic acid groups (broad SMARTS) is 1. The average molecular weight is 290 g/mol. The van der Waals surface area contributed by atoms with Crippen molar-refractivity contribution in [1.29, 1.82) is 0 Å². The first-order chi connectivity index (χ1) is 9.52. The molecule has 1 saturated heterocycles. The molecule has 3 rings (SSSR count). The van der Waals surface area contributed by atoms with Crippen molar-refractivity contribution in [3.8, 4) is 0 Å². The Morgan fingerprint density at radius 3 is 2.95 bits per heavy atom. The zero-order valence-corrected chi connectivity index (χ0v) is 12.5. The Morgan fingerprint density at radius 2 is 2.25 bits per heavy atom. The molecule has 1 aliphatic heterocycles. The van der Waals surface area contributed by atoms with E-state index in [1.165, 1.54) is 0 Å². The van der Waals surface area contributed by atoms with Gasteiger partial charge in [0.15, 0.2) is 0 Å². The number of hydrogen-bond acceptors (Lipinski definition) is 4. The van der Waals surface area contributed by atoms with Gasteiger partial charge in [0.05, 0.1) is 16.3 Å². The van der Waals surface area contributed by atoms with Crippen molar-refractivity contribution < 1.29 is 9.90 Å². The zero-order valence-electron chi connectivity index (χ0n) is 11.7. The van der Waals surface area contributed by atoms with Crippen molar-refractivity contribution in [2.45, 2.75) is 38.3 Å². The zero-order chi connectivity index (χ0) is 14.3. The Labute approximate surface area is 122 Å². The molecule has 1 N–H and O–H groups in total. The molecule has 2 heterocycles. The van der Waals surface area contributed by atoms with Crippen molar-refractivity contribution in [2.75, 3.05) is 6.54 Å². The van der Waals surface area contributed by atoms with E-state index < -0.39 is 11.5 Å². The van der Waals surface area contributed by atoms with Crippen molar-refractivity contribution in [1.82, 2.24) is 9.88 Å². The second-order valence-corrected chi connectivity index (χ2v) is 6.63. The molecular weight excluding hydrogens is 272 g/mol. The van der Waals surface area contributed by atoms with E-state index in [-0.39, 0.29) is 6.04 Å². The number of benzene rings is 1. The molecule has 0 bridgehead atoms. The summed E-state index contributed by atoms with van der Waals surface area (Å²) in [7, 11) is 0. The number of aromatic nitrogens is 1. The van der Waals surface area contributed by atoms with Crippen molar-refractivity contribution in [2.24, 2.45) is 0 Å². The molecular formula is C15H18N2O2S. The summed E-state index contributed by atoms with van der Waals surface area (Å²) in [5.41, 5.74) is 0.229. The fraction of sp³-hybridized carbons (Fsp3) is 0.467. The van der Waals surface area contributed by atoms with Gasteiger partial charge >= 0.3 is 5.97 Å². The normalized spacial score (nSPS) is 25.1. The molecule has 2 atom stereocenters. The summed E-state index contributed by atoms with van der Waals surface area (Å²) in [4.78, 5) is 18.3. The topological polar surface area (TPSA) is 53.4 Å². The van der Waals surface area contributed by atoms with Gasteiger partial charge in [0.25, 0.3) is 0 Å². The highest BCUT2D eigenvalue weighted by Crippen LogP contribution is 2.38. The number of thiazole rings is 1. The summed E-state index contributed by atoms with van der Waals surface area (Å²) in [5.74, 6) is -0.733. The van der Waals surface area contributed by atoms with Gasteiger partial charge in [-0.1, -0.05) is 12.1 Å². The van der Waals surface area contributed by atoms with E-state index in [0.29, 0.717) is 6.42 Å². The number of fused-ring (bicyclic) bond motifs is 1. The van der Waals surface area contributed by atoms with Crippen LogP contribution < -0.4 is 0 Å². The first-order valence-electron chi connectivity index (χ1n) is 6.88. The Hall–Kier alpha value is -1.46. The van der Waals surface area contributed by atoms with Crippen LogP contribution in [0.4, 0.5) is 0 Å². The molecule has 0 spiro atoms. The smallest absolute Gasteiger partial charge is 0.323 e. The van der Waals surface area contributed by atoms with Gasteiger partial charge in [-0.2, -0.15) is 0 Å². The minimum Gasteiger partial charge on any atom is -0.480 e. The van der Waals surface area contributed by atoms with E-state index in [2.05, 4.69) is 22.9 Å². The van der Waals surface area contributed by atoms with E-state index in [9.17, 15) is 9.90 Å². The van der Waals surface area contributed by atoms with Crippen molar-refractivity contribution in [3.63, 3.8) is 0 Å². The van der Waals surface area contributed by atoms with Crippen molar-refractivity contribution in [3.05, 3.63) is 29.3 Å². The first-order valence-corrected chi connectivity index (χ1v) is 7.69. The molecule has 0 aliphatic carbocycles. The van der Waals surface area contributed by atoms with Crippen LogP contribution in [0.5, 0.6) is 0 Å². The third-order valence-electron chi connectivity index (χ3n) is 4.29. The number of likely N-dealkylation sites (tertiary alicyclic amines) is 1. The fourth-order valence-electron chi connectivity index (χ4n) is 3.04. The molecule has 1 aromatic carbocycles. The standard InChI is InChI=1S/C15H18N2O2S/c1-10(17-9-5-8-15(17,2)14(18)19)13-16-11-6-3-4-7-12(11)20-13/h3-4,6-7,10H,5,8-9H2,1-2H3,(H,18,19). The fourth-order valence-corrected chi connectivity index (χ4v) is 4.07. The summed E-state index contributed by atoms with van der Waals surface area (Å²) < 4.78 is 1.16. The lowest BCUT2D eigenvalue weighted by Crippen LogP contribution is -2.48. The van der Waals surface area contributed by atoms with E-state index >= 15 is 0 Å². The van der Waals surface area contributed by atoms with Gasteiger partial charge in [-0.25, -0.2) is 4.98 Å². The van der Waals surface area contributed by atoms with Crippen LogP contribution in [-0.2, 0) is 4.79 Å². The van der Waals surface area contributed by atoms with Crippen LogP contribution in [0.25, 0.3) is 10.2 Å². The van der Waals surface area contributed by atoms with E-state index in [0.717, 1.165) is 28.2 Å². The predicted octanol–water partition coefficient (Wildman–Crippen LogP) is 3.30. The predicted molar refractivity (Wildman–Crippen MR) is 80.0 cm³/mol. The second-order valence-electron chi connectivity index (χ2n) is 5.57. The maximum atomic E-state index is 11.6. The van der Waals surface area contributed by atoms with Gasteiger partial charge in [-0.05, 0) is 38.8 Å². The molecule has 1 fully saturated rings. The Balaban J connectivity index is 1.95. The van der Waals surface area contributed by atoms with Gasteiger partial charge in [-0.15, -0.1) is 11.3 Å². The highest BCUT2D eigenvalue weighted by Gasteiger charge is 2.46. The number of carbonyl (C=O) groups is 1. The Bertz CT molecular complexity index is 621. The number of nitrogens with zero attached hydrogens (tertiary/aromatic N) is 2. The highest BCUT2D eigenvalue weighted by atomic mass is 32.1. The molecule has 5 heteroatoms. The molecule has 0 amide bonds. The number of carboxylic acids is 1. The lowest BCUT2D eigenvalue weighted by Gasteiger charge is -2.35. The second kappa shape index (κ2) is 4.82. The lowest BCUT2D eigenvalue weighted by molar-refractivity contribution is -0.149. The molecule has 2 unspecified atom stereocenters. The average Bonchev–Trinajstić information content (AvgIpc) is 3.02. The summed E-state index contributed by atoms with van der Waals surface area (Å²) >= 11 is 1.66. The van der Waals surface area contributed by atoms with E-state index in [1.54, 1.807) is 11.3 Å². The number of para-hydroxylation sites is 1. The largest absolute Gasteiger partial charge is 0.480 e. The van der Waals surface area contributed by atoms with Gasteiger partial charge < -0.3 is 5.11 Å². The van der Waals surface area contributed by atoms with Gasteiger partial charge in [-0.3, -0.25) is 9.69 Å². The molecule has 2 aromatic rings. The maximum absolute atomic E-state index is 11.6. The molecule has 1 aromatic heterocycles. The number of rotatable bonds is 3. The Morgan fingerprint density at radius 1 is 1.50 bits per heavy atom. The Kier molecular flexibility index (Phi) is 3.26. The van der Waals surface area contributed by atoms with Gasteiger partial charge in [0.1, 0.15) is 10.5 Å². The van der Waals surface area contributed by atoms with Crippen LogP contribution >= 0.6 is 11.3 Å². The van der Waals surface area contributed by atoms with Crippen molar-refractivity contribution >= 4 is 27.5 Å². The van der Waals surface area contributed by atoms with Crippen LogP contribution in [0.2, 0.25) is 0 Å². The molecule has 1 aliphatic rings. The van der Waals surface area contributed by atoms with Crippen LogP contribution in [0.1, 0.15) is 37.7 Å². The molecule has 106 valence electrons. The van der Waals surface area contributed by atoms with E-state index in [4.69, 9.17) is 0 Å². The minimum atomic E-state index is -0.767. The monoisotopic (exact) mass is 290 g/mol. The lowest BCUT2D eigenvalue weighted by atomic mass is 9.98. The van der Waals surface area contributed by atoms with Crippen LogP contribution in [0.3, 0.4) is 0 Å². The third-order valence-corrected chi connectivity index (χ3v) is 5.50. The minimum absolute atomic E-state index is 0.0380. The maximum Gasteiger partial charge on any atom is 0.323 e. The van der Waals surface area contributed by atoms with E-state index in [1.807, 2.05) is 25.1 Å².